The fourth-order valence-corrected chi connectivity index (χ4v) is 3.24. The molecule has 1 aromatic heterocycles. The Balaban J connectivity index is 1.42. The molecule has 0 unspecified atom stereocenters. The van der Waals surface area contributed by atoms with Gasteiger partial charge in [-0.1, -0.05) is 12.1 Å². The number of carbonyl (C=O) groups is 1. The van der Waals surface area contributed by atoms with Crippen molar-refractivity contribution in [1.29, 1.82) is 5.26 Å². The molecule has 3 heterocycles. The number of nitrogens with zero attached hydrogens (tertiary/aromatic N) is 4. The lowest BCUT2D eigenvalue weighted by Gasteiger charge is -2.33. The van der Waals surface area contributed by atoms with E-state index in [0.717, 1.165) is 0 Å². The Morgan fingerprint density at radius 1 is 1.26 bits per heavy atom. The third kappa shape index (κ3) is 3.36. The van der Waals surface area contributed by atoms with Crippen molar-refractivity contribution in [1.82, 2.24) is 14.9 Å². The number of carbonyl (C=O) groups excluding carboxylic acids is 1. The molecule has 2 aliphatic heterocycles. The molecule has 8 nitrogen and oxygen atoms in total. The molecule has 8 heteroatoms. The Morgan fingerprint density at radius 2 is 2.00 bits per heavy atom. The Morgan fingerprint density at radius 3 is 2.78 bits per heavy atom. The van der Waals surface area contributed by atoms with Crippen molar-refractivity contribution in [2.75, 3.05) is 13.1 Å². The lowest BCUT2D eigenvalue weighted by Crippen LogP contribution is -2.50. The minimum Gasteiger partial charge on any atom is -0.482 e. The number of rotatable bonds is 3. The predicted octanol–water partition coefficient (Wildman–Crippen LogP) is 1.56. The maximum Gasteiger partial charge on any atom is 0.267 e. The largest absolute Gasteiger partial charge is 0.482 e. The Kier molecular flexibility index (Phi) is 4.50. The van der Waals surface area contributed by atoms with Crippen LogP contribution in [0.2, 0.25) is 0 Å². The van der Waals surface area contributed by atoms with E-state index in [-0.39, 0.29) is 23.6 Å². The summed E-state index contributed by atoms with van der Waals surface area (Å²) in [5, 5.41) is 9.08. The molecule has 0 spiro atoms. The summed E-state index contributed by atoms with van der Waals surface area (Å²) in [6.45, 7) is 2.76. The molecule has 1 fully saturated rings. The molecule has 27 heavy (non-hydrogen) atoms. The summed E-state index contributed by atoms with van der Waals surface area (Å²) in [4.78, 5) is 22.6. The van der Waals surface area contributed by atoms with E-state index >= 15 is 0 Å². The average Bonchev–Trinajstić information content (AvgIpc) is 3.16. The summed E-state index contributed by atoms with van der Waals surface area (Å²) in [6, 6.07) is 9.26. The van der Waals surface area contributed by atoms with Gasteiger partial charge in [-0.2, -0.15) is 5.26 Å². The molecule has 3 atom stereocenters. The van der Waals surface area contributed by atoms with Crippen molar-refractivity contribution < 1.29 is 19.0 Å². The first-order valence-electron chi connectivity index (χ1n) is 8.74. The smallest absolute Gasteiger partial charge is 0.267 e. The van der Waals surface area contributed by atoms with Crippen molar-refractivity contribution in [3.05, 3.63) is 42.4 Å². The highest BCUT2D eigenvalue weighted by molar-refractivity contribution is 5.82. The number of nitriles is 1. The normalized spacial score (nSPS) is 23.6. The number of hydrogen-bond donors (Lipinski definition) is 0. The summed E-state index contributed by atoms with van der Waals surface area (Å²) < 4.78 is 17.5. The Bertz CT molecular complexity index is 897. The van der Waals surface area contributed by atoms with Crippen LogP contribution in [0.25, 0.3) is 0 Å². The molecule has 2 aliphatic rings. The van der Waals surface area contributed by atoms with E-state index in [9.17, 15) is 4.79 Å². The summed E-state index contributed by atoms with van der Waals surface area (Å²) in [5.41, 5.74) is 0.136. The SMILES string of the molecule is C[C@@H]1Oc2ccccc2O[C@H]1C(=O)N1CC[C@@H](Oc2nccnc2C#N)C1. The first-order valence-corrected chi connectivity index (χ1v) is 8.74. The van der Waals surface area contributed by atoms with Gasteiger partial charge in [0.1, 0.15) is 18.3 Å². The van der Waals surface area contributed by atoms with Crippen molar-refractivity contribution in [3.8, 4) is 23.4 Å². The lowest BCUT2D eigenvalue weighted by atomic mass is 10.1. The molecule has 1 saturated heterocycles. The number of ether oxygens (including phenoxy) is 3. The van der Waals surface area contributed by atoms with Gasteiger partial charge in [0.25, 0.3) is 11.8 Å². The Labute approximate surface area is 156 Å². The van der Waals surface area contributed by atoms with Crippen molar-refractivity contribution in [2.45, 2.75) is 31.7 Å². The van der Waals surface area contributed by atoms with Crippen LogP contribution >= 0.6 is 0 Å². The zero-order chi connectivity index (χ0) is 18.8. The first kappa shape index (κ1) is 17.1. The number of para-hydroxylation sites is 2. The fourth-order valence-electron chi connectivity index (χ4n) is 3.24. The first-order chi connectivity index (χ1) is 13.2. The van der Waals surface area contributed by atoms with Gasteiger partial charge in [0, 0.05) is 25.4 Å². The van der Waals surface area contributed by atoms with Gasteiger partial charge in [-0.25, -0.2) is 9.97 Å². The molecule has 0 N–H and O–H groups in total. The van der Waals surface area contributed by atoms with Crippen LogP contribution in [0.15, 0.2) is 36.7 Å². The highest BCUT2D eigenvalue weighted by atomic mass is 16.6. The summed E-state index contributed by atoms with van der Waals surface area (Å²) in [5.74, 6) is 1.27. The van der Waals surface area contributed by atoms with E-state index in [2.05, 4.69) is 9.97 Å². The number of fused-ring (bicyclic) bond motifs is 1. The van der Waals surface area contributed by atoms with Crippen molar-refractivity contribution in [2.24, 2.45) is 0 Å². The molecule has 0 saturated carbocycles. The van der Waals surface area contributed by atoms with Crippen LogP contribution in [0.3, 0.4) is 0 Å². The van der Waals surface area contributed by atoms with Crippen LogP contribution in [0.5, 0.6) is 17.4 Å². The maximum atomic E-state index is 12.9. The zero-order valence-corrected chi connectivity index (χ0v) is 14.7. The molecule has 138 valence electrons. The number of aromatic nitrogens is 2. The molecule has 0 bridgehead atoms. The van der Waals surface area contributed by atoms with Gasteiger partial charge in [0.05, 0.1) is 6.54 Å². The summed E-state index contributed by atoms with van der Waals surface area (Å²) in [6.07, 6.45) is 2.22. The van der Waals surface area contributed by atoms with Crippen LogP contribution in [0, 0.1) is 11.3 Å². The monoisotopic (exact) mass is 366 g/mol. The van der Waals surface area contributed by atoms with Gasteiger partial charge in [0.15, 0.2) is 11.5 Å². The van der Waals surface area contributed by atoms with Crippen LogP contribution in [-0.2, 0) is 4.79 Å². The average molecular weight is 366 g/mol. The second-order valence-corrected chi connectivity index (χ2v) is 6.44. The van der Waals surface area contributed by atoms with Crippen LogP contribution in [0.1, 0.15) is 19.0 Å². The predicted molar refractivity (Wildman–Crippen MR) is 93.3 cm³/mol. The van der Waals surface area contributed by atoms with E-state index in [0.29, 0.717) is 31.0 Å². The van der Waals surface area contributed by atoms with E-state index < -0.39 is 12.2 Å². The maximum absolute atomic E-state index is 12.9. The van der Waals surface area contributed by atoms with Crippen LogP contribution in [-0.4, -0.2) is 52.2 Å². The second kappa shape index (κ2) is 7.11. The number of likely N-dealkylation sites (tertiary alicyclic amines) is 1. The standard InChI is InChI=1S/C19H18N4O4/c1-12-17(27-16-5-3-2-4-15(16)25-12)19(24)23-9-6-13(11-23)26-18-14(10-20)21-7-8-22-18/h2-5,7-8,12-13,17H,6,9,11H2,1H3/t12-,13+,17+/m0/s1. The summed E-state index contributed by atoms with van der Waals surface area (Å²) in [7, 11) is 0. The second-order valence-electron chi connectivity index (χ2n) is 6.44. The third-order valence-corrected chi connectivity index (χ3v) is 4.59. The topological polar surface area (TPSA) is 97.6 Å². The van der Waals surface area contributed by atoms with E-state index in [1.54, 1.807) is 11.0 Å². The highest BCUT2D eigenvalue weighted by Crippen LogP contribution is 2.34. The number of hydrogen-bond acceptors (Lipinski definition) is 7. The molecular weight excluding hydrogens is 348 g/mol. The van der Waals surface area contributed by atoms with E-state index in [4.69, 9.17) is 19.5 Å². The molecule has 1 amide bonds. The lowest BCUT2D eigenvalue weighted by molar-refractivity contribution is -0.143. The molecule has 4 rings (SSSR count). The van der Waals surface area contributed by atoms with Crippen LogP contribution in [0.4, 0.5) is 0 Å². The van der Waals surface area contributed by atoms with E-state index in [1.807, 2.05) is 31.2 Å². The molecule has 0 radical (unpaired) electrons. The van der Waals surface area contributed by atoms with Gasteiger partial charge in [0.2, 0.25) is 11.8 Å². The minimum absolute atomic E-state index is 0.136. The van der Waals surface area contributed by atoms with Gasteiger partial charge >= 0.3 is 0 Å². The Hall–Kier alpha value is -3.34. The van der Waals surface area contributed by atoms with Gasteiger partial charge in [-0.05, 0) is 19.1 Å². The van der Waals surface area contributed by atoms with Crippen molar-refractivity contribution >= 4 is 5.91 Å². The third-order valence-electron chi connectivity index (χ3n) is 4.59. The fraction of sp³-hybridized carbons (Fsp3) is 0.368. The van der Waals surface area contributed by atoms with Gasteiger partial charge in [-0.15, -0.1) is 0 Å². The molecule has 1 aromatic carbocycles. The highest BCUT2D eigenvalue weighted by Gasteiger charge is 2.39. The minimum atomic E-state index is -0.704. The number of benzene rings is 1. The number of amides is 1. The van der Waals surface area contributed by atoms with Crippen molar-refractivity contribution in [3.63, 3.8) is 0 Å². The zero-order valence-electron chi connectivity index (χ0n) is 14.7. The molecular formula is C19H18N4O4. The van der Waals surface area contributed by atoms with Gasteiger partial charge < -0.3 is 19.1 Å². The molecule has 2 aromatic rings. The van der Waals surface area contributed by atoms with E-state index in [1.165, 1.54) is 12.4 Å². The molecule has 0 aliphatic carbocycles. The summed E-state index contributed by atoms with van der Waals surface area (Å²) >= 11 is 0. The quantitative estimate of drug-likeness (QED) is 0.813. The van der Waals surface area contributed by atoms with Crippen LogP contribution < -0.4 is 14.2 Å². The van der Waals surface area contributed by atoms with Gasteiger partial charge in [-0.3, -0.25) is 4.79 Å².